The van der Waals surface area contributed by atoms with E-state index in [0.29, 0.717) is 18.6 Å². The Kier molecular flexibility index (Phi) is 6.71. The Hall–Kier alpha value is -1.39. The lowest BCUT2D eigenvalue weighted by atomic mass is 9.82. The summed E-state index contributed by atoms with van der Waals surface area (Å²) in [5, 5.41) is 6.95. The number of ether oxygens (including phenoxy) is 1. The molecule has 1 amide bonds. The van der Waals surface area contributed by atoms with Crippen LogP contribution in [0, 0.1) is 19.8 Å². The molecule has 2 fully saturated rings. The molecule has 144 valence electrons. The van der Waals surface area contributed by atoms with Crippen LogP contribution in [0.5, 0.6) is 0 Å². The fourth-order valence-corrected chi connectivity index (χ4v) is 4.53. The largest absolute Gasteiger partial charge is 0.380 e. The van der Waals surface area contributed by atoms with Gasteiger partial charge in [-0.2, -0.15) is 0 Å². The van der Waals surface area contributed by atoms with E-state index in [-0.39, 0.29) is 17.9 Å². The van der Waals surface area contributed by atoms with Gasteiger partial charge in [-0.1, -0.05) is 36.6 Å². The molecular weight excluding hydrogens is 324 g/mol. The molecule has 0 unspecified atom stereocenters. The SMILES string of the molecule is CO[C@H]1C[C@@H](C(=O)NCc2cc(C)ccc2C)CC[C@@H]1NC1CCCC1. The molecule has 0 aliphatic heterocycles. The quantitative estimate of drug-likeness (QED) is 0.816. The summed E-state index contributed by atoms with van der Waals surface area (Å²) in [6.45, 7) is 4.80. The van der Waals surface area contributed by atoms with Crippen molar-refractivity contribution < 1.29 is 9.53 Å². The highest BCUT2D eigenvalue weighted by molar-refractivity contribution is 5.78. The van der Waals surface area contributed by atoms with E-state index in [4.69, 9.17) is 4.74 Å². The van der Waals surface area contributed by atoms with Gasteiger partial charge >= 0.3 is 0 Å². The fourth-order valence-electron chi connectivity index (χ4n) is 4.53. The van der Waals surface area contributed by atoms with Crippen molar-refractivity contribution in [1.82, 2.24) is 10.6 Å². The van der Waals surface area contributed by atoms with Gasteiger partial charge in [0.05, 0.1) is 6.10 Å². The standard InChI is InChI=1S/C22H34N2O2/c1-15-8-9-16(2)18(12-15)14-23-22(25)17-10-11-20(21(13-17)26-3)24-19-6-4-5-7-19/h8-9,12,17,19-21,24H,4-7,10-11,13-14H2,1-3H3,(H,23,25)/t17-,20-,21-/m0/s1. The lowest BCUT2D eigenvalue weighted by Crippen LogP contribution is -2.50. The second-order valence-corrected chi connectivity index (χ2v) is 8.19. The monoisotopic (exact) mass is 358 g/mol. The summed E-state index contributed by atoms with van der Waals surface area (Å²) in [5.74, 6) is 0.235. The molecular formula is C22H34N2O2. The van der Waals surface area contributed by atoms with Crippen molar-refractivity contribution in [2.45, 2.75) is 83.5 Å². The van der Waals surface area contributed by atoms with Gasteiger partial charge in [-0.3, -0.25) is 4.79 Å². The average molecular weight is 359 g/mol. The van der Waals surface area contributed by atoms with Crippen LogP contribution in [0.15, 0.2) is 18.2 Å². The first-order valence-electron chi connectivity index (χ1n) is 10.2. The predicted octanol–water partition coefficient (Wildman–Crippen LogP) is 3.64. The Balaban J connectivity index is 1.51. The lowest BCUT2D eigenvalue weighted by molar-refractivity contribution is -0.128. The molecule has 1 aromatic carbocycles. The first-order chi connectivity index (χ1) is 12.6. The molecule has 0 spiro atoms. The number of hydrogen-bond acceptors (Lipinski definition) is 3. The van der Waals surface area contributed by atoms with Gasteiger partial charge in [0.15, 0.2) is 0 Å². The molecule has 4 nitrogen and oxygen atoms in total. The van der Waals surface area contributed by atoms with Crippen LogP contribution in [-0.4, -0.2) is 31.2 Å². The first kappa shape index (κ1) is 19.4. The van der Waals surface area contributed by atoms with Gasteiger partial charge < -0.3 is 15.4 Å². The number of nitrogens with one attached hydrogen (secondary N) is 2. The number of rotatable bonds is 6. The van der Waals surface area contributed by atoms with Crippen LogP contribution in [0.4, 0.5) is 0 Å². The van der Waals surface area contributed by atoms with Crippen molar-refractivity contribution in [3.05, 3.63) is 34.9 Å². The van der Waals surface area contributed by atoms with Crippen LogP contribution >= 0.6 is 0 Å². The Morgan fingerprint density at radius 3 is 2.65 bits per heavy atom. The van der Waals surface area contributed by atoms with E-state index < -0.39 is 0 Å². The van der Waals surface area contributed by atoms with E-state index >= 15 is 0 Å². The van der Waals surface area contributed by atoms with Crippen LogP contribution in [-0.2, 0) is 16.1 Å². The fraction of sp³-hybridized carbons (Fsp3) is 0.682. The second-order valence-electron chi connectivity index (χ2n) is 8.19. The maximum absolute atomic E-state index is 12.7. The summed E-state index contributed by atoms with van der Waals surface area (Å²) in [6, 6.07) is 7.44. The van der Waals surface area contributed by atoms with Crippen molar-refractivity contribution in [3.63, 3.8) is 0 Å². The first-order valence-corrected chi connectivity index (χ1v) is 10.2. The normalized spacial score (nSPS) is 26.8. The number of carbonyl (C=O) groups excluding carboxylic acids is 1. The second kappa shape index (κ2) is 9.01. The molecule has 0 saturated heterocycles. The highest BCUT2D eigenvalue weighted by Gasteiger charge is 2.35. The van der Waals surface area contributed by atoms with E-state index in [1.165, 1.54) is 42.4 Å². The minimum atomic E-state index is 0.0618. The summed E-state index contributed by atoms with van der Waals surface area (Å²) < 4.78 is 5.75. The summed E-state index contributed by atoms with van der Waals surface area (Å²) >= 11 is 0. The zero-order valence-corrected chi connectivity index (χ0v) is 16.5. The van der Waals surface area contributed by atoms with Gasteiger partial charge in [-0.15, -0.1) is 0 Å². The molecule has 4 heteroatoms. The van der Waals surface area contributed by atoms with Crippen LogP contribution in [0.3, 0.4) is 0 Å². The highest BCUT2D eigenvalue weighted by atomic mass is 16.5. The molecule has 2 N–H and O–H groups in total. The summed E-state index contributed by atoms with van der Waals surface area (Å²) in [4.78, 5) is 12.7. The molecule has 26 heavy (non-hydrogen) atoms. The number of carbonyl (C=O) groups is 1. The third-order valence-electron chi connectivity index (χ3n) is 6.23. The van der Waals surface area contributed by atoms with Crippen molar-refractivity contribution >= 4 is 5.91 Å². The lowest BCUT2D eigenvalue weighted by Gasteiger charge is -2.36. The van der Waals surface area contributed by atoms with Crippen LogP contribution in [0.25, 0.3) is 0 Å². The van der Waals surface area contributed by atoms with E-state index in [9.17, 15) is 4.79 Å². The minimum Gasteiger partial charge on any atom is -0.380 e. The summed E-state index contributed by atoms with van der Waals surface area (Å²) in [7, 11) is 1.78. The Labute approximate surface area is 158 Å². The predicted molar refractivity (Wildman–Crippen MR) is 105 cm³/mol. The number of benzene rings is 1. The minimum absolute atomic E-state index is 0.0618. The molecule has 0 heterocycles. The topological polar surface area (TPSA) is 50.4 Å². The van der Waals surface area contributed by atoms with Crippen molar-refractivity contribution in [2.24, 2.45) is 5.92 Å². The number of amides is 1. The van der Waals surface area contributed by atoms with Gasteiger partial charge in [0.25, 0.3) is 0 Å². The van der Waals surface area contributed by atoms with Crippen LogP contribution in [0.2, 0.25) is 0 Å². The van der Waals surface area contributed by atoms with Gasteiger partial charge in [-0.25, -0.2) is 0 Å². The average Bonchev–Trinajstić information content (AvgIpc) is 3.15. The van der Waals surface area contributed by atoms with E-state index in [1.807, 2.05) is 0 Å². The van der Waals surface area contributed by atoms with Crippen LogP contribution < -0.4 is 10.6 Å². The molecule has 2 saturated carbocycles. The molecule has 0 aromatic heterocycles. The maximum atomic E-state index is 12.7. The molecule has 3 atom stereocenters. The van der Waals surface area contributed by atoms with Crippen LogP contribution in [0.1, 0.15) is 61.6 Å². The van der Waals surface area contributed by atoms with Crippen molar-refractivity contribution in [3.8, 4) is 0 Å². The van der Waals surface area contributed by atoms with E-state index in [2.05, 4.69) is 42.7 Å². The number of aryl methyl sites for hydroxylation is 2. The van der Waals surface area contributed by atoms with Gasteiger partial charge in [0, 0.05) is 31.7 Å². The number of methoxy groups -OCH3 is 1. The molecule has 0 radical (unpaired) electrons. The van der Waals surface area contributed by atoms with E-state index in [1.54, 1.807) is 7.11 Å². The van der Waals surface area contributed by atoms with Gasteiger partial charge in [-0.05, 0) is 57.1 Å². The maximum Gasteiger partial charge on any atom is 0.223 e. The third kappa shape index (κ3) is 4.86. The molecule has 2 aliphatic carbocycles. The Bertz CT molecular complexity index is 610. The van der Waals surface area contributed by atoms with Crippen molar-refractivity contribution in [1.29, 1.82) is 0 Å². The zero-order chi connectivity index (χ0) is 18.5. The molecule has 3 rings (SSSR count). The van der Waals surface area contributed by atoms with Crippen molar-refractivity contribution in [2.75, 3.05) is 7.11 Å². The summed E-state index contributed by atoms with van der Waals surface area (Å²) in [6.07, 6.45) is 8.18. The summed E-state index contributed by atoms with van der Waals surface area (Å²) in [5.41, 5.74) is 3.67. The zero-order valence-electron chi connectivity index (χ0n) is 16.5. The Morgan fingerprint density at radius 1 is 1.15 bits per heavy atom. The van der Waals surface area contributed by atoms with E-state index in [0.717, 1.165) is 19.3 Å². The molecule has 2 aliphatic rings. The van der Waals surface area contributed by atoms with Gasteiger partial charge in [0.2, 0.25) is 5.91 Å². The Morgan fingerprint density at radius 2 is 1.92 bits per heavy atom. The third-order valence-corrected chi connectivity index (χ3v) is 6.23. The molecule has 1 aromatic rings. The number of hydrogen-bond donors (Lipinski definition) is 2. The highest BCUT2D eigenvalue weighted by Crippen LogP contribution is 2.29. The smallest absolute Gasteiger partial charge is 0.223 e. The molecule has 0 bridgehead atoms. The van der Waals surface area contributed by atoms with Gasteiger partial charge in [0.1, 0.15) is 0 Å².